The van der Waals surface area contributed by atoms with E-state index in [0.717, 1.165) is 26.1 Å². The maximum atomic E-state index is 14.1. The van der Waals surface area contributed by atoms with E-state index >= 15 is 0 Å². The summed E-state index contributed by atoms with van der Waals surface area (Å²) in [5, 5.41) is 11.3. The molecule has 0 amide bonds. The lowest BCUT2D eigenvalue weighted by Crippen LogP contribution is -2.59. The van der Waals surface area contributed by atoms with Gasteiger partial charge in [0.1, 0.15) is 18.1 Å². The average molecular weight is 584 g/mol. The maximum absolute atomic E-state index is 14.1. The van der Waals surface area contributed by atoms with E-state index in [4.69, 9.17) is 18.9 Å². The van der Waals surface area contributed by atoms with Crippen LogP contribution >= 0.6 is 0 Å². The Kier molecular flexibility index (Phi) is 11.4. The molecule has 0 unspecified atom stereocenters. The Morgan fingerprint density at radius 3 is 2.29 bits per heavy atom. The number of hydrogen-bond acceptors (Lipinski definition) is 10. The first-order valence-corrected chi connectivity index (χ1v) is 15.3. The van der Waals surface area contributed by atoms with Crippen molar-refractivity contribution in [3.8, 4) is 0 Å². The van der Waals surface area contributed by atoms with Crippen molar-refractivity contribution in [3.63, 3.8) is 0 Å². The van der Waals surface area contributed by atoms with E-state index in [2.05, 4.69) is 30.8 Å². The van der Waals surface area contributed by atoms with Gasteiger partial charge in [0, 0.05) is 38.2 Å². The van der Waals surface area contributed by atoms with E-state index in [0.29, 0.717) is 18.8 Å². The Labute approximate surface area is 248 Å². The highest BCUT2D eigenvalue weighted by Gasteiger charge is 2.51. The molecule has 0 radical (unpaired) electrons. The second-order valence-electron chi connectivity index (χ2n) is 14.1. The zero-order valence-electron chi connectivity index (χ0n) is 27.4. The number of hydrogen-bond donors (Lipinski definition) is 1. The van der Waals surface area contributed by atoms with Crippen molar-refractivity contribution >= 4 is 11.8 Å². The number of ether oxygens (including phenoxy) is 4. The zero-order chi connectivity index (χ0) is 30.9. The third-order valence-electron chi connectivity index (χ3n) is 9.90. The fraction of sp³-hybridized carbons (Fsp3) is 0.935. The number of likely N-dealkylation sites (tertiary alicyclic amines) is 1. The molecule has 0 aliphatic carbocycles. The number of methoxy groups -OCH3 is 1. The molecular weight excluding hydrogens is 526 g/mol. The minimum Gasteiger partial charge on any atom is -0.463 e. The topological polar surface area (TPSA) is 101 Å². The van der Waals surface area contributed by atoms with Gasteiger partial charge in [-0.05, 0) is 93.5 Å². The minimum atomic E-state index is -1.39. The van der Waals surface area contributed by atoms with Crippen molar-refractivity contribution in [1.29, 1.82) is 0 Å². The highest BCUT2D eigenvalue weighted by Crippen LogP contribution is 2.38. The van der Waals surface area contributed by atoms with E-state index in [1.54, 1.807) is 27.9 Å². The average Bonchev–Trinajstić information content (AvgIpc) is 3.32. The van der Waals surface area contributed by atoms with E-state index in [9.17, 15) is 14.7 Å². The Hall–Kier alpha value is -1.14. The number of nitrogens with zero attached hydrogens (tertiary/aromatic N) is 3. The molecule has 3 aliphatic rings. The summed E-state index contributed by atoms with van der Waals surface area (Å²) in [4.78, 5) is 34.2. The summed E-state index contributed by atoms with van der Waals surface area (Å²) in [7, 11) is 9.71. The van der Waals surface area contributed by atoms with E-state index in [1.165, 1.54) is 0 Å². The van der Waals surface area contributed by atoms with Crippen molar-refractivity contribution in [1.82, 2.24) is 14.7 Å². The van der Waals surface area contributed by atoms with Crippen LogP contribution in [0.25, 0.3) is 0 Å². The smallest absolute Gasteiger partial charge is 0.319 e. The van der Waals surface area contributed by atoms with Crippen molar-refractivity contribution in [3.05, 3.63) is 0 Å². The lowest BCUT2D eigenvalue weighted by Gasteiger charge is -2.47. The number of cyclic esters (lactones) is 1. The summed E-state index contributed by atoms with van der Waals surface area (Å²) < 4.78 is 24.9. The third kappa shape index (κ3) is 7.69. The van der Waals surface area contributed by atoms with Gasteiger partial charge < -0.3 is 33.9 Å². The number of likely N-dealkylation sites (N-methyl/N-ethyl adjacent to an activating group) is 2. The Morgan fingerprint density at radius 2 is 1.73 bits per heavy atom. The lowest BCUT2D eigenvalue weighted by molar-refractivity contribution is -0.295. The normalized spacial score (nSPS) is 42.4. The fourth-order valence-electron chi connectivity index (χ4n) is 7.34. The fourth-order valence-corrected chi connectivity index (χ4v) is 7.34. The summed E-state index contributed by atoms with van der Waals surface area (Å²) in [5.74, 6) is -1.00. The van der Waals surface area contributed by atoms with Gasteiger partial charge in [-0.15, -0.1) is 0 Å². The van der Waals surface area contributed by atoms with Crippen molar-refractivity contribution in [2.45, 2.75) is 103 Å². The van der Waals surface area contributed by atoms with Crippen LogP contribution in [0.5, 0.6) is 0 Å². The highest BCUT2D eigenvalue weighted by molar-refractivity contribution is 6.04. The van der Waals surface area contributed by atoms with Crippen LogP contribution in [0, 0.1) is 23.2 Å². The number of rotatable bonds is 5. The molecular formula is C31H57N3O7. The second-order valence-corrected chi connectivity index (χ2v) is 14.1. The Morgan fingerprint density at radius 1 is 1.07 bits per heavy atom. The molecule has 3 rings (SSSR count). The molecule has 3 aliphatic heterocycles. The predicted octanol–water partition coefficient (Wildman–Crippen LogP) is 2.27. The number of aliphatic hydroxyl groups excluding tert-OH is 1. The first kappa shape index (κ1) is 34.4. The number of Topliss-reactive ketones (excluding diaryl/α,β-unsaturated/α-hetero) is 1. The molecule has 1 N–H and O–H groups in total. The molecule has 0 aromatic rings. The van der Waals surface area contributed by atoms with Crippen LogP contribution in [0.15, 0.2) is 0 Å². The van der Waals surface area contributed by atoms with Gasteiger partial charge in [-0.3, -0.25) is 14.5 Å². The molecule has 3 heterocycles. The number of esters is 1. The molecule has 0 aromatic carbocycles. The quantitative estimate of drug-likeness (QED) is 0.383. The van der Waals surface area contributed by atoms with Gasteiger partial charge in [0.05, 0.1) is 17.8 Å². The lowest BCUT2D eigenvalue weighted by atomic mass is 9.74. The van der Waals surface area contributed by atoms with Gasteiger partial charge in [-0.2, -0.15) is 0 Å². The second kappa shape index (κ2) is 13.7. The zero-order valence-corrected chi connectivity index (χ0v) is 27.4. The van der Waals surface area contributed by atoms with Gasteiger partial charge in [-0.1, -0.05) is 13.8 Å². The van der Waals surface area contributed by atoms with Crippen molar-refractivity contribution in [2.75, 3.05) is 61.5 Å². The summed E-state index contributed by atoms with van der Waals surface area (Å²) in [5.41, 5.74) is -2.29. The van der Waals surface area contributed by atoms with Crippen LogP contribution in [-0.2, 0) is 28.5 Å². The number of carbonyl (C=O) groups excluding carboxylic acids is 2. The molecule has 0 saturated carbocycles. The van der Waals surface area contributed by atoms with Gasteiger partial charge in [-0.25, -0.2) is 0 Å². The maximum Gasteiger partial charge on any atom is 0.319 e. The summed E-state index contributed by atoms with van der Waals surface area (Å²) in [6.45, 7) is 14.1. The Bertz CT molecular complexity index is 901. The third-order valence-corrected chi connectivity index (χ3v) is 9.90. The molecule has 0 spiro atoms. The van der Waals surface area contributed by atoms with Crippen LogP contribution in [0.1, 0.15) is 60.8 Å². The molecule has 10 nitrogen and oxygen atoms in total. The Balaban J connectivity index is 1.99. The SMILES string of the molecule is CO[C@]1(C)C[C@@H](C)CN(C)[C@H]([C@H]2CCN(C)C2)COC(=O)C(C)(C)C(=O)[C@H](C)[C@H]1O[C@@H]1O[C@H](C)C[C@H](N(C)C)[C@H]1O. The van der Waals surface area contributed by atoms with E-state index in [1.807, 2.05) is 32.8 Å². The van der Waals surface area contributed by atoms with E-state index < -0.39 is 41.4 Å². The number of aliphatic hydroxyl groups is 1. The summed E-state index contributed by atoms with van der Waals surface area (Å²) in [6, 6.07) is -0.115. The van der Waals surface area contributed by atoms with Crippen LogP contribution in [0.3, 0.4) is 0 Å². The van der Waals surface area contributed by atoms with Crippen LogP contribution in [0.2, 0.25) is 0 Å². The largest absolute Gasteiger partial charge is 0.463 e. The molecule has 41 heavy (non-hydrogen) atoms. The van der Waals surface area contributed by atoms with Crippen LogP contribution in [-0.4, -0.2) is 135 Å². The monoisotopic (exact) mass is 583 g/mol. The van der Waals surface area contributed by atoms with Crippen molar-refractivity contribution in [2.24, 2.45) is 23.2 Å². The van der Waals surface area contributed by atoms with Gasteiger partial charge in [0.25, 0.3) is 0 Å². The minimum absolute atomic E-state index is 0.0477. The first-order valence-electron chi connectivity index (χ1n) is 15.3. The molecule has 0 bridgehead atoms. The van der Waals surface area contributed by atoms with Gasteiger partial charge in [0.2, 0.25) is 0 Å². The molecule has 3 fully saturated rings. The molecule has 10 atom stereocenters. The van der Waals surface area contributed by atoms with Crippen LogP contribution in [0.4, 0.5) is 0 Å². The number of carbonyl (C=O) groups is 2. The van der Waals surface area contributed by atoms with Crippen molar-refractivity contribution < 1.29 is 33.6 Å². The van der Waals surface area contributed by atoms with Gasteiger partial charge >= 0.3 is 5.97 Å². The summed E-state index contributed by atoms with van der Waals surface area (Å²) >= 11 is 0. The highest BCUT2D eigenvalue weighted by atomic mass is 16.7. The number of ketones is 1. The van der Waals surface area contributed by atoms with E-state index in [-0.39, 0.29) is 36.5 Å². The standard InChI is InChI=1S/C31H57N3O7/c1-19-15-31(6,38-11)27(41-28-25(35)23(32(7)8)14-20(2)40-28)21(3)26(36)30(4,5)29(37)39-18-24(34(10)16-19)22-12-13-33(9)17-22/h19-25,27-28,35H,12-18H2,1-11H3/t19-,20-,21+,22+,23+,24+,25-,27-,28+,31-/m1/s1. The summed E-state index contributed by atoms with van der Waals surface area (Å²) in [6.07, 6.45) is -0.482. The molecule has 0 aromatic heterocycles. The molecule has 238 valence electrons. The van der Waals surface area contributed by atoms with Crippen LogP contribution < -0.4 is 0 Å². The molecule has 3 saturated heterocycles. The molecule has 10 heteroatoms. The van der Waals surface area contributed by atoms with Gasteiger partial charge in [0.15, 0.2) is 12.1 Å². The predicted molar refractivity (Wildman–Crippen MR) is 157 cm³/mol. The first-order chi connectivity index (χ1) is 19.0.